The third-order valence-electron chi connectivity index (χ3n) is 8.30. The van der Waals surface area contributed by atoms with Crippen LogP contribution in [-0.2, 0) is 19.6 Å². The Kier molecular flexibility index (Phi) is 14.8. The lowest BCUT2D eigenvalue weighted by atomic mass is 10.0. The maximum Gasteiger partial charge on any atom is 0.261 e. The summed E-state index contributed by atoms with van der Waals surface area (Å²) in [4.78, 5) is 32.6. The van der Waals surface area contributed by atoms with Crippen molar-refractivity contribution in [2.45, 2.75) is 76.0 Å². The van der Waals surface area contributed by atoms with Crippen LogP contribution in [0.5, 0.6) is 5.75 Å². The average Bonchev–Trinajstić information content (AvgIpc) is 3.02. The molecule has 3 rings (SSSR count). The number of carbonyl (C=O) groups excluding carboxylic acids is 2. The van der Waals surface area contributed by atoms with Crippen LogP contribution in [-0.4, -0.2) is 112 Å². The molecule has 13 heteroatoms. The number of nitrogens with zero attached hydrogens (tertiary/aromatic N) is 3. The van der Waals surface area contributed by atoms with E-state index in [2.05, 4.69) is 4.72 Å². The third kappa shape index (κ3) is 11.6. The van der Waals surface area contributed by atoms with Crippen molar-refractivity contribution in [1.29, 1.82) is 0 Å². The Morgan fingerprint density at radius 3 is 2.49 bits per heavy atom. The topological polar surface area (TPSA) is 129 Å². The molecule has 0 unspecified atom stereocenters. The van der Waals surface area contributed by atoms with Gasteiger partial charge in [0.2, 0.25) is 5.91 Å². The fraction of sp³-hybridized carbons (Fsp3) is 0.588. The minimum atomic E-state index is -3.98. The van der Waals surface area contributed by atoms with E-state index in [1.807, 2.05) is 32.8 Å². The van der Waals surface area contributed by atoms with E-state index in [0.29, 0.717) is 36.8 Å². The van der Waals surface area contributed by atoms with Crippen LogP contribution in [0, 0.1) is 5.92 Å². The number of nitrogens with one attached hydrogen (secondary N) is 1. The highest BCUT2D eigenvalue weighted by Crippen LogP contribution is 2.30. The van der Waals surface area contributed by atoms with E-state index in [-0.39, 0.29) is 53.3 Å². The normalized spacial score (nSPS) is 20.6. The zero-order valence-electron chi connectivity index (χ0n) is 28.4. The molecule has 1 aliphatic heterocycles. The van der Waals surface area contributed by atoms with Gasteiger partial charge in [0.1, 0.15) is 5.75 Å². The molecule has 47 heavy (non-hydrogen) atoms. The van der Waals surface area contributed by atoms with Crippen molar-refractivity contribution in [2.24, 2.45) is 5.92 Å². The zero-order chi connectivity index (χ0) is 34.7. The van der Waals surface area contributed by atoms with Crippen LogP contribution < -0.4 is 9.46 Å². The molecule has 1 aliphatic rings. The van der Waals surface area contributed by atoms with E-state index in [1.54, 1.807) is 35.9 Å². The zero-order valence-corrected chi connectivity index (χ0v) is 30.0. The van der Waals surface area contributed by atoms with Crippen molar-refractivity contribution in [3.63, 3.8) is 0 Å². The number of sulfonamides is 1. The molecule has 0 radical (unpaired) electrons. The smallest absolute Gasteiger partial charge is 0.261 e. The Hall–Kier alpha value is -2.90. The summed E-state index contributed by atoms with van der Waals surface area (Å²) in [7, 11) is 1.75. The summed E-state index contributed by atoms with van der Waals surface area (Å²) < 4.78 is 41.5. The van der Waals surface area contributed by atoms with Gasteiger partial charge in [0.15, 0.2) is 0 Å². The van der Waals surface area contributed by atoms with Gasteiger partial charge in [-0.2, -0.15) is 0 Å². The number of hydrogen-bond acceptors (Lipinski definition) is 8. The highest BCUT2D eigenvalue weighted by Gasteiger charge is 2.31. The van der Waals surface area contributed by atoms with E-state index in [0.717, 1.165) is 25.8 Å². The van der Waals surface area contributed by atoms with Crippen LogP contribution >= 0.6 is 11.6 Å². The maximum atomic E-state index is 14.3. The molecule has 1 heterocycles. The molecule has 2 aromatic carbocycles. The molecule has 11 nitrogen and oxygen atoms in total. The lowest BCUT2D eigenvalue weighted by molar-refractivity contribution is -0.132. The van der Waals surface area contributed by atoms with Gasteiger partial charge in [-0.1, -0.05) is 18.5 Å². The molecule has 0 spiro atoms. The summed E-state index contributed by atoms with van der Waals surface area (Å²) in [5, 5.41) is 10.6. The van der Waals surface area contributed by atoms with Gasteiger partial charge in [-0.3, -0.25) is 14.3 Å². The van der Waals surface area contributed by atoms with Crippen LogP contribution in [0.4, 0.5) is 5.69 Å². The summed E-state index contributed by atoms with van der Waals surface area (Å²) in [6, 6.07) is 9.85. The van der Waals surface area contributed by atoms with Crippen molar-refractivity contribution in [3.05, 3.63) is 53.1 Å². The molecule has 0 fully saturated rings. The van der Waals surface area contributed by atoms with Crippen LogP contribution in [0.15, 0.2) is 47.4 Å². The molecule has 0 aromatic heterocycles. The van der Waals surface area contributed by atoms with E-state index < -0.39 is 22.0 Å². The second-order valence-electron chi connectivity index (χ2n) is 12.8. The number of fused-ring (bicyclic) bond motifs is 1. The van der Waals surface area contributed by atoms with Crippen molar-refractivity contribution in [2.75, 3.05) is 58.7 Å². The third-order valence-corrected chi connectivity index (χ3v) is 9.95. The Morgan fingerprint density at radius 2 is 1.83 bits per heavy atom. The quantitative estimate of drug-likeness (QED) is 0.346. The predicted octanol–water partition coefficient (Wildman–Crippen LogP) is 4.74. The monoisotopic (exact) mass is 694 g/mol. The minimum Gasteiger partial charge on any atom is -0.490 e. The number of rotatable bonds is 11. The van der Waals surface area contributed by atoms with Gasteiger partial charge < -0.3 is 29.3 Å². The number of aliphatic hydroxyl groups is 1. The number of anilines is 1. The van der Waals surface area contributed by atoms with Crippen LogP contribution in [0.3, 0.4) is 0 Å². The number of aliphatic hydroxyl groups excluding tert-OH is 1. The lowest BCUT2D eigenvalue weighted by Gasteiger charge is -2.36. The number of carbonyl (C=O) groups is 2. The molecule has 0 saturated heterocycles. The molecular weight excluding hydrogens is 644 g/mol. The van der Waals surface area contributed by atoms with Gasteiger partial charge in [0, 0.05) is 49.8 Å². The fourth-order valence-electron chi connectivity index (χ4n) is 5.39. The molecule has 0 saturated carbocycles. The Labute approximate surface area is 285 Å². The Balaban J connectivity index is 1.93. The van der Waals surface area contributed by atoms with E-state index >= 15 is 0 Å². The van der Waals surface area contributed by atoms with Crippen molar-refractivity contribution in [1.82, 2.24) is 14.7 Å². The molecule has 2 amide bonds. The van der Waals surface area contributed by atoms with Crippen LogP contribution in [0.1, 0.15) is 63.2 Å². The Bertz CT molecular complexity index is 1420. The molecule has 0 bridgehead atoms. The summed E-state index contributed by atoms with van der Waals surface area (Å²) in [5.74, 6) is -0.264. The van der Waals surface area contributed by atoms with Gasteiger partial charge in [0.25, 0.3) is 15.9 Å². The summed E-state index contributed by atoms with van der Waals surface area (Å²) in [5.41, 5.74) is 0.355. The fourth-order valence-corrected chi connectivity index (χ4v) is 6.56. The molecule has 2 aromatic rings. The number of benzene rings is 2. The van der Waals surface area contributed by atoms with Gasteiger partial charge in [-0.25, -0.2) is 8.42 Å². The van der Waals surface area contributed by atoms with Gasteiger partial charge in [0.05, 0.1) is 35.3 Å². The number of likely N-dealkylation sites (N-methyl/N-ethyl adjacent to an activating group) is 1. The summed E-state index contributed by atoms with van der Waals surface area (Å²) in [6.07, 6.45) is 2.94. The maximum absolute atomic E-state index is 14.3. The summed E-state index contributed by atoms with van der Waals surface area (Å²) >= 11 is 5.94. The largest absolute Gasteiger partial charge is 0.490 e. The SMILES string of the molecule is C[C@@H]1CCCCO[C@H](CN(C)C(=O)CCCN(C)C)[C@H](C)CN([C@@H](C)CO)C(=O)c2cc(NS(=O)(=O)c3ccc(Cl)cc3)ccc2O1. The number of amides is 2. The van der Waals surface area contributed by atoms with E-state index in [9.17, 15) is 23.1 Å². The minimum absolute atomic E-state index is 0.0229. The van der Waals surface area contributed by atoms with Crippen molar-refractivity contribution in [3.8, 4) is 5.75 Å². The Morgan fingerprint density at radius 1 is 1.13 bits per heavy atom. The van der Waals surface area contributed by atoms with E-state index in [1.165, 1.54) is 30.3 Å². The molecular formula is C34H51ClN4O7S. The molecule has 262 valence electrons. The van der Waals surface area contributed by atoms with Crippen LogP contribution in [0.2, 0.25) is 5.02 Å². The van der Waals surface area contributed by atoms with Crippen molar-refractivity contribution < 1.29 is 32.6 Å². The molecule has 0 aliphatic carbocycles. The van der Waals surface area contributed by atoms with Gasteiger partial charge in [-0.15, -0.1) is 0 Å². The average molecular weight is 695 g/mol. The first kappa shape index (κ1) is 38.5. The highest BCUT2D eigenvalue weighted by atomic mass is 35.5. The predicted molar refractivity (Wildman–Crippen MR) is 185 cm³/mol. The van der Waals surface area contributed by atoms with E-state index in [4.69, 9.17) is 21.1 Å². The molecule has 2 N–H and O–H groups in total. The standard InChI is InChI=1S/C34H51ClN4O7S/c1-24-21-39(25(2)23-40)34(42)30-20-28(36-47(43,44)29-15-12-27(35)13-16-29)14-17-31(30)46-26(3)10-7-8-19-45-32(24)22-38(6)33(41)11-9-18-37(4)5/h12-17,20,24-26,32,36,40H,7-11,18-19,21-23H2,1-6H3/t24-,25+,26-,32-/m1/s1. The first-order chi connectivity index (χ1) is 22.2. The molecule has 4 atom stereocenters. The number of ether oxygens (including phenoxy) is 2. The second-order valence-corrected chi connectivity index (χ2v) is 14.9. The summed E-state index contributed by atoms with van der Waals surface area (Å²) in [6.45, 7) is 7.27. The van der Waals surface area contributed by atoms with Crippen LogP contribution in [0.25, 0.3) is 0 Å². The lowest BCUT2D eigenvalue weighted by Crippen LogP contribution is -2.48. The first-order valence-electron chi connectivity index (χ1n) is 16.2. The second kappa shape index (κ2) is 18.0. The number of hydrogen-bond donors (Lipinski definition) is 2. The highest BCUT2D eigenvalue weighted by molar-refractivity contribution is 7.92. The van der Waals surface area contributed by atoms with Crippen molar-refractivity contribution >= 4 is 39.1 Å². The first-order valence-corrected chi connectivity index (χ1v) is 18.1. The van der Waals surface area contributed by atoms with Gasteiger partial charge in [-0.05, 0) is 103 Å². The van der Waals surface area contributed by atoms with Gasteiger partial charge >= 0.3 is 0 Å². The number of halogens is 1.